The highest BCUT2D eigenvalue weighted by Crippen LogP contribution is 2.39. The standard InChI is InChI=1S/C26H26N4O2.C14H16O3.C11H8O.CH3N5.H3N/c1-16-23(25(31)32-22-15-7-11-18-9-3-5-13-20(18)22)24(30(28)26(27)29-16)21-14-6-10-17-8-2-4-12-19(17)21;1-10(15)9-14(16)17-13-8-4-6-11-5-2-3-7-12(11)13;12-8-10-6-3-5-9-4-1-2-7-11(9)10;2-1-3-5-6-4-1;/h2-6,8-10,12-14,22,24H,7,11,15,28H2,1H3,(H2,27,29);2-3,5,7,13H,4,6,8-9H2,1H3;1-8H;(H3,2,3,4,5,6);1H3. The zero-order valence-corrected chi connectivity index (χ0v) is 38.1. The zero-order valence-electron chi connectivity index (χ0n) is 38.1. The first-order valence-corrected chi connectivity index (χ1v) is 22.1. The lowest BCUT2D eigenvalue weighted by atomic mass is 9.89. The van der Waals surface area contributed by atoms with Gasteiger partial charge in [-0.3, -0.25) is 19.4 Å². The Bertz CT molecular complexity index is 2930. The lowest BCUT2D eigenvalue weighted by molar-refractivity contribution is -0.152. The number of nitrogens with two attached hydrogens (primary N) is 3. The molecule has 10 N–H and O–H groups in total. The van der Waals surface area contributed by atoms with E-state index in [1.54, 1.807) is 6.92 Å². The summed E-state index contributed by atoms with van der Waals surface area (Å²) in [6, 6.07) is 43.2. The molecule has 7 aromatic rings. The normalized spacial score (nSPS) is 16.8. The number of aromatic nitrogens is 4. The molecule has 3 aliphatic rings. The number of carbonyl (C=O) groups is 4. The molecule has 2 aliphatic carbocycles. The number of nitrogens with one attached hydrogen (secondary N) is 1. The van der Waals surface area contributed by atoms with Crippen molar-refractivity contribution in [3.05, 3.63) is 178 Å². The van der Waals surface area contributed by atoms with Crippen molar-refractivity contribution in [2.24, 2.45) is 16.6 Å². The van der Waals surface area contributed by atoms with Gasteiger partial charge in [0.05, 0.1) is 11.3 Å². The molecular formula is C52H56N10O6. The third kappa shape index (κ3) is 12.0. The molecule has 2 heterocycles. The predicted molar refractivity (Wildman–Crippen MR) is 262 cm³/mol. The average Bonchev–Trinajstić information content (AvgIpc) is 3.83. The van der Waals surface area contributed by atoms with Gasteiger partial charge in [0.2, 0.25) is 5.96 Å². The highest BCUT2D eigenvalue weighted by Gasteiger charge is 2.37. The van der Waals surface area contributed by atoms with E-state index in [2.05, 4.69) is 37.7 Å². The number of hydrogen-bond donors (Lipinski definition) is 5. The number of guanidine groups is 1. The van der Waals surface area contributed by atoms with Gasteiger partial charge in [-0.15, -0.1) is 5.10 Å². The first-order chi connectivity index (χ1) is 32.5. The number of hydrazine groups is 1. The summed E-state index contributed by atoms with van der Waals surface area (Å²) < 4.78 is 11.5. The molecule has 0 amide bonds. The topological polar surface area (TPSA) is 270 Å². The Morgan fingerprint density at radius 3 is 1.82 bits per heavy atom. The van der Waals surface area contributed by atoms with Crippen LogP contribution >= 0.6 is 0 Å². The number of aryl methyl sites for hydroxylation is 2. The van der Waals surface area contributed by atoms with Crippen LogP contribution in [0.25, 0.3) is 21.5 Å². The second-order valence-corrected chi connectivity index (χ2v) is 16.2. The summed E-state index contributed by atoms with van der Waals surface area (Å²) in [7, 11) is 0. The molecule has 10 rings (SSSR count). The number of fused-ring (bicyclic) bond motifs is 4. The third-order valence-corrected chi connectivity index (χ3v) is 11.7. The number of nitrogens with zero attached hydrogens (tertiary/aromatic N) is 5. The molecule has 350 valence electrons. The van der Waals surface area contributed by atoms with Gasteiger partial charge in [-0.2, -0.15) is 5.21 Å². The van der Waals surface area contributed by atoms with Crippen LogP contribution in [0.15, 0.2) is 150 Å². The Kier molecular flexibility index (Phi) is 17.0. The van der Waals surface area contributed by atoms with E-state index >= 15 is 0 Å². The van der Waals surface area contributed by atoms with E-state index in [4.69, 9.17) is 26.8 Å². The third-order valence-electron chi connectivity index (χ3n) is 11.7. The number of esters is 2. The number of nitrogen functional groups attached to an aromatic ring is 1. The minimum absolute atomic E-state index is 0. The van der Waals surface area contributed by atoms with E-state index in [0.717, 1.165) is 88.6 Å². The Morgan fingerprint density at radius 2 is 1.25 bits per heavy atom. The molecule has 0 fully saturated rings. The van der Waals surface area contributed by atoms with Crippen LogP contribution in [-0.4, -0.2) is 55.6 Å². The monoisotopic (exact) mass is 916 g/mol. The average molecular weight is 917 g/mol. The van der Waals surface area contributed by atoms with Crippen molar-refractivity contribution < 1.29 is 28.7 Å². The molecule has 6 aromatic carbocycles. The van der Waals surface area contributed by atoms with Crippen LogP contribution in [0.4, 0.5) is 5.95 Å². The maximum Gasteiger partial charge on any atom is 0.339 e. The van der Waals surface area contributed by atoms with Crippen molar-refractivity contribution in [1.29, 1.82) is 0 Å². The number of carbonyl (C=O) groups excluding carboxylic acids is 4. The molecular weight excluding hydrogens is 861 g/mol. The maximum atomic E-state index is 13.6. The van der Waals surface area contributed by atoms with Crippen LogP contribution in [0.1, 0.15) is 102 Å². The van der Waals surface area contributed by atoms with Gasteiger partial charge in [0.1, 0.15) is 30.5 Å². The fraction of sp³-hybridized carbons (Fsp3) is 0.231. The largest absolute Gasteiger partial charge is 0.457 e. The highest BCUT2D eigenvalue weighted by atomic mass is 16.5. The van der Waals surface area contributed by atoms with E-state index in [0.29, 0.717) is 11.3 Å². The van der Waals surface area contributed by atoms with Crippen LogP contribution in [0, 0.1) is 0 Å². The van der Waals surface area contributed by atoms with Crippen molar-refractivity contribution in [2.45, 2.75) is 77.0 Å². The fourth-order valence-corrected chi connectivity index (χ4v) is 8.60. The number of benzene rings is 6. The minimum atomic E-state index is -0.593. The summed E-state index contributed by atoms with van der Waals surface area (Å²) in [5.74, 6) is 5.74. The number of ketones is 1. The summed E-state index contributed by atoms with van der Waals surface area (Å²) in [4.78, 5) is 50.9. The van der Waals surface area contributed by atoms with Crippen LogP contribution in [0.5, 0.6) is 0 Å². The van der Waals surface area contributed by atoms with Gasteiger partial charge >= 0.3 is 11.9 Å². The van der Waals surface area contributed by atoms with E-state index in [9.17, 15) is 19.2 Å². The zero-order chi connectivity index (χ0) is 47.3. The number of rotatable bonds is 7. The molecule has 0 spiro atoms. The van der Waals surface area contributed by atoms with Crippen molar-refractivity contribution in [2.75, 3.05) is 5.73 Å². The van der Waals surface area contributed by atoms with Gasteiger partial charge in [0.25, 0.3) is 5.95 Å². The predicted octanol–water partition coefficient (Wildman–Crippen LogP) is 8.46. The summed E-state index contributed by atoms with van der Waals surface area (Å²) in [5, 5.41) is 17.6. The Hall–Kier alpha value is -8.08. The second kappa shape index (κ2) is 23.4. The first-order valence-electron chi connectivity index (χ1n) is 22.1. The van der Waals surface area contributed by atoms with E-state index in [1.165, 1.54) is 23.1 Å². The van der Waals surface area contributed by atoms with Gasteiger partial charge in [-0.25, -0.2) is 15.6 Å². The lowest BCUT2D eigenvalue weighted by Crippen LogP contribution is -2.49. The van der Waals surface area contributed by atoms with Gasteiger partial charge in [0, 0.05) is 5.56 Å². The smallest absolute Gasteiger partial charge is 0.339 e. The molecule has 0 saturated carbocycles. The van der Waals surface area contributed by atoms with Gasteiger partial charge in [-0.1, -0.05) is 139 Å². The number of anilines is 1. The number of allylic oxidation sites excluding steroid dienone is 1. The molecule has 0 bridgehead atoms. The highest BCUT2D eigenvalue weighted by molar-refractivity contribution is 5.99. The second-order valence-electron chi connectivity index (χ2n) is 16.2. The number of hydrogen-bond acceptors (Lipinski definition) is 15. The molecule has 3 unspecified atom stereocenters. The summed E-state index contributed by atoms with van der Waals surface area (Å²) in [6.45, 7) is 3.18. The number of aromatic amines is 1. The first kappa shape index (κ1) is 49.4. The van der Waals surface area contributed by atoms with Crippen LogP contribution in [0.3, 0.4) is 0 Å². The van der Waals surface area contributed by atoms with Gasteiger partial charge in [0.15, 0.2) is 6.29 Å². The molecule has 1 aromatic heterocycles. The van der Waals surface area contributed by atoms with Crippen LogP contribution in [0.2, 0.25) is 0 Å². The van der Waals surface area contributed by atoms with Gasteiger partial charge in [-0.05, 0) is 107 Å². The Balaban J connectivity index is 0.000000175. The number of aldehydes is 1. The number of ether oxygens (including phenoxy) is 2. The summed E-state index contributed by atoms with van der Waals surface area (Å²) in [6.07, 6.45) is 6.00. The molecule has 3 atom stereocenters. The molecule has 68 heavy (non-hydrogen) atoms. The maximum absolute atomic E-state index is 13.6. The molecule has 16 nitrogen and oxygen atoms in total. The molecule has 16 heteroatoms. The number of H-pyrrole nitrogens is 1. The van der Waals surface area contributed by atoms with Crippen LogP contribution < -0.4 is 23.5 Å². The molecule has 1 aliphatic heterocycles. The Labute approximate surface area is 394 Å². The summed E-state index contributed by atoms with van der Waals surface area (Å²) >= 11 is 0. The molecule has 0 saturated heterocycles. The number of aliphatic imine (C=N–C) groups is 1. The number of tetrazole rings is 1. The van der Waals surface area contributed by atoms with Crippen molar-refractivity contribution >= 4 is 57.5 Å². The van der Waals surface area contributed by atoms with Crippen molar-refractivity contribution in [3.8, 4) is 0 Å². The minimum Gasteiger partial charge on any atom is -0.457 e. The quantitative estimate of drug-likeness (QED) is 0.0434. The van der Waals surface area contributed by atoms with Gasteiger partial charge < -0.3 is 27.1 Å². The SMILES string of the molecule is CC(=O)CC(=O)OC1CCCc2ccccc21.CC1=C(C(=O)OC2CCCc3ccccc32)C(c2cccc3ccccc23)N(N)C(N)=N1.N.Nc1nn[nH]n1.O=Cc1cccc2ccccc12. The molecule has 0 radical (unpaired) electrons. The fourth-order valence-electron chi connectivity index (χ4n) is 8.60. The Morgan fingerprint density at radius 1 is 0.721 bits per heavy atom. The van der Waals surface area contributed by atoms with Crippen LogP contribution in [-0.2, 0) is 36.7 Å². The summed E-state index contributed by atoms with van der Waals surface area (Å²) in [5.41, 5.74) is 18.3. The van der Waals surface area contributed by atoms with E-state index in [-0.39, 0.29) is 42.5 Å². The van der Waals surface area contributed by atoms with Crippen molar-refractivity contribution in [3.63, 3.8) is 0 Å². The van der Waals surface area contributed by atoms with Crippen molar-refractivity contribution in [1.82, 2.24) is 31.8 Å². The van der Waals surface area contributed by atoms with E-state index < -0.39 is 18.0 Å². The lowest BCUT2D eigenvalue weighted by Gasteiger charge is -2.35. The van der Waals surface area contributed by atoms with E-state index in [1.807, 2.05) is 121 Å². The number of Topliss-reactive ketones (excluding diaryl/α,β-unsaturated/α-hetero) is 1.